The summed E-state index contributed by atoms with van der Waals surface area (Å²) in [5, 5.41) is 11.5. The van der Waals surface area contributed by atoms with E-state index in [2.05, 4.69) is 4.98 Å². The van der Waals surface area contributed by atoms with Crippen LogP contribution in [0.2, 0.25) is 0 Å². The number of nitrogens with zero attached hydrogens (tertiary/aromatic N) is 1. The predicted octanol–water partition coefficient (Wildman–Crippen LogP) is 2.49. The van der Waals surface area contributed by atoms with E-state index in [-0.39, 0.29) is 11.7 Å². The van der Waals surface area contributed by atoms with Crippen molar-refractivity contribution in [3.8, 4) is 0 Å². The van der Waals surface area contributed by atoms with Gasteiger partial charge in [-0.1, -0.05) is 6.92 Å². The molecule has 2 aromatic rings. The number of aromatic nitrogens is 1. The van der Waals surface area contributed by atoms with Crippen molar-refractivity contribution in [3.63, 3.8) is 0 Å². The van der Waals surface area contributed by atoms with Gasteiger partial charge >= 0.3 is 0 Å². The van der Waals surface area contributed by atoms with Crippen LogP contribution in [0.4, 0.5) is 5.69 Å². The van der Waals surface area contributed by atoms with Crippen LogP contribution in [0.5, 0.6) is 0 Å². The number of non-ortho nitro benzene ring substituents is 1. The number of nitro benzene ring substituents is 1. The molecular formula is C11H13N3O2. The monoisotopic (exact) mass is 219 g/mol. The van der Waals surface area contributed by atoms with Crippen LogP contribution in [0.15, 0.2) is 24.4 Å². The predicted molar refractivity (Wildman–Crippen MR) is 62.2 cm³/mol. The maximum atomic E-state index is 10.7. The number of hydrogen-bond donors (Lipinski definition) is 2. The number of nitro groups is 1. The summed E-state index contributed by atoms with van der Waals surface area (Å²) in [6.45, 7) is 1.99. The number of rotatable bonds is 3. The fourth-order valence-corrected chi connectivity index (χ4v) is 1.77. The summed E-state index contributed by atoms with van der Waals surface area (Å²) in [5.74, 6) is 0. The first-order chi connectivity index (χ1) is 7.63. The molecule has 0 saturated carbocycles. The van der Waals surface area contributed by atoms with E-state index in [0.29, 0.717) is 0 Å². The van der Waals surface area contributed by atoms with Gasteiger partial charge in [0, 0.05) is 35.3 Å². The van der Waals surface area contributed by atoms with Crippen LogP contribution >= 0.6 is 0 Å². The van der Waals surface area contributed by atoms with Crippen molar-refractivity contribution in [1.82, 2.24) is 4.98 Å². The second-order valence-electron chi connectivity index (χ2n) is 3.75. The molecule has 1 heterocycles. The van der Waals surface area contributed by atoms with Crippen molar-refractivity contribution < 1.29 is 4.92 Å². The molecule has 0 radical (unpaired) electrons. The molecule has 3 N–H and O–H groups in total. The molecule has 5 heteroatoms. The first kappa shape index (κ1) is 10.6. The maximum absolute atomic E-state index is 10.7. The molecule has 0 fully saturated rings. The Labute approximate surface area is 92.4 Å². The SMILES string of the molecule is CC[C@H](N)c1c[nH]c2ccc([N+](=O)[O-])cc12. The Balaban J connectivity index is 2.60. The highest BCUT2D eigenvalue weighted by Gasteiger charge is 2.13. The average molecular weight is 219 g/mol. The summed E-state index contributed by atoms with van der Waals surface area (Å²) >= 11 is 0. The number of benzene rings is 1. The minimum Gasteiger partial charge on any atom is -0.361 e. The minimum atomic E-state index is -0.395. The third-order valence-corrected chi connectivity index (χ3v) is 2.75. The third-order valence-electron chi connectivity index (χ3n) is 2.75. The summed E-state index contributed by atoms with van der Waals surface area (Å²) < 4.78 is 0. The molecule has 0 saturated heterocycles. The van der Waals surface area contributed by atoms with Gasteiger partial charge in [0.1, 0.15) is 0 Å². The highest BCUT2D eigenvalue weighted by molar-refractivity contribution is 5.85. The molecule has 2 rings (SSSR count). The van der Waals surface area contributed by atoms with Crippen molar-refractivity contribution in [2.24, 2.45) is 5.73 Å². The maximum Gasteiger partial charge on any atom is 0.270 e. The second-order valence-corrected chi connectivity index (χ2v) is 3.75. The summed E-state index contributed by atoms with van der Waals surface area (Å²) in [6.07, 6.45) is 2.62. The Bertz CT molecular complexity index is 533. The molecule has 0 amide bonds. The molecule has 16 heavy (non-hydrogen) atoms. The van der Waals surface area contributed by atoms with Crippen LogP contribution < -0.4 is 5.73 Å². The first-order valence-corrected chi connectivity index (χ1v) is 5.14. The van der Waals surface area contributed by atoms with Gasteiger partial charge in [0.15, 0.2) is 0 Å². The summed E-state index contributed by atoms with van der Waals surface area (Å²) in [7, 11) is 0. The molecule has 0 unspecified atom stereocenters. The van der Waals surface area contributed by atoms with E-state index in [0.717, 1.165) is 22.9 Å². The quantitative estimate of drug-likeness (QED) is 0.614. The first-order valence-electron chi connectivity index (χ1n) is 5.14. The zero-order valence-corrected chi connectivity index (χ0v) is 8.93. The molecule has 5 nitrogen and oxygen atoms in total. The normalized spacial score (nSPS) is 12.9. The van der Waals surface area contributed by atoms with Gasteiger partial charge in [0.25, 0.3) is 5.69 Å². The van der Waals surface area contributed by atoms with Crippen LogP contribution in [-0.2, 0) is 0 Å². The molecule has 1 aromatic heterocycles. The fraction of sp³-hybridized carbons (Fsp3) is 0.273. The molecule has 1 aromatic carbocycles. The summed E-state index contributed by atoms with van der Waals surface area (Å²) in [6, 6.07) is 4.67. The van der Waals surface area contributed by atoms with Crippen LogP contribution in [0.3, 0.4) is 0 Å². The fourth-order valence-electron chi connectivity index (χ4n) is 1.77. The number of H-pyrrole nitrogens is 1. The highest BCUT2D eigenvalue weighted by atomic mass is 16.6. The summed E-state index contributed by atoms with van der Waals surface area (Å²) in [5.41, 5.74) is 7.85. The Morgan fingerprint density at radius 3 is 2.94 bits per heavy atom. The van der Waals surface area contributed by atoms with Gasteiger partial charge in [-0.15, -0.1) is 0 Å². The van der Waals surface area contributed by atoms with Gasteiger partial charge in [-0.05, 0) is 18.1 Å². The van der Waals surface area contributed by atoms with Crippen molar-refractivity contribution in [3.05, 3.63) is 40.1 Å². The number of nitrogens with two attached hydrogens (primary N) is 1. The van der Waals surface area contributed by atoms with Crippen LogP contribution in [0.25, 0.3) is 10.9 Å². The molecule has 0 bridgehead atoms. The highest BCUT2D eigenvalue weighted by Crippen LogP contribution is 2.27. The lowest BCUT2D eigenvalue weighted by Crippen LogP contribution is -2.07. The number of fused-ring (bicyclic) bond motifs is 1. The molecule has 0 aliphatic rings. The number of hydrogen-bond acceptors (Lipinski definition) is 3. The van der Waals surface area contributed by atoms with Crippen molar-refractivity contribution >= 4 is 16.6 Å². The van der Waals surface area contributed by atoms with E-state index in [1.807, 2.05) is 13.1 Å². The van der Waals surface area contributed by atoms with Crippen molar-refractivity contribution in [1.29, 1.82) is 0 Å². The lowest BCUT2D eigenvalue weighted by molar-refractivity contribution is -0.384. The Kier molecular flexibility index (Phi) is 2.62. The van der Waals surface area contributed by atoms with Gasteiger partial charge in [-0.25, -0.2) is 0 Å². The molecule has 0 aliphatic carbocycles. The molecule has 1 atom stereocenters. The van der Waals surface area contributed by atoms with Crippen LogP contribution in [-0.4, -0.2) is 9.91 Å². The summed E-state index contributed by atoms with van der Waals surface area (Å²) in [4.78, 5) is 13.4. The van der Waals surface area contributed by atoms with E-state index < -0.39 is 4.92 Å². The van der Waals surface area contributed by atoms with Crippen LogP contribution in [0.1, 0.15) is 24.9 Å². The van der Waals surface area contributed by atoms with Crippen molar-refractivity contribution in [2.45, 2.75) is 19.4 Å². The van der Waals surface area contributed by atoms with Gasteiger partial charge in [-0.2, -0.15) is 0 Å². The number of nitrogens with one attached hydrogen (secondary N) is 1. The topological polar surface area (TPSA) is 85.0 Å². The Morgan fingerprint density at radius 1 is 1.56 bits per heavy atom. The van der Waals surface area contributed by atoms with Gasteiger partial charge in [0.2, 0.25) is 0 Å². The smallest absolute Gasteiger partial charge is 0.270 e. The molecule has 0 aliphatic heterocycles. The number of aromatic amines is 1. The van der Waals surface area contributed by atoms with Gasteiger partial charge < -0.3 is 10.7 Å². The van der Waals surface area contributed by atoms with E-state index in [4.69, 9.17) is 5.73 Å². The van der Waals surface area contributed by atoms with E-state index in [9.17, 15) is 10.1 Å². The molecule has 84 valence electrons. The van der Waals surface area contributed by atoms with E-state index in [1.165, 1.54) is 6.07 Å². The third kappa shape index (κ3) is 1.65. The average Bonchev–Trinajstić information content (AvgIpc) is 2.70. The van der Waals surface area contributed by atoms with E-state index in [1.54, 1.807) is 12.1 Å². The Morgan fingerprint density at radius 2 is 2.31 bits per heavy atom. The Hall–Kier alpha value is -1.88. The standard InChI is InChI=1S/C11H13N3O2/c1-2-10(12)9-6-13-11-4-3-7(14(15)16)5-8(9)11/h3-6,10,13H,2,12H2,1H3/t10-/m0/s1. The second kappa shape index (κ2) is 3.94. The van der Waals surface area contributed by atoms with Gasteiger partial charge in [-0.3, -0.25) is 10.1 Å². The minimum absolute atomic E-state index is 0.0873. The lowest BCUT2D eigenvalue weighted by Gasteiger charge is -2.06. The van der Waals surface area contributed by atoms with Crippen molar-refractivity contribution in [2.75, 3.05) is 0 Å². The molecular weight excluding hydrogens is 206 g/mol. The molecule has 0 spiro atoms. The van der Waals surface area contributed by atoms with E-state index >= 15 is 0 Å². The zero-order chi connectivity index (χ0) is 11.7. The van der Waals surface area contributed by atoms with Gasteiger partial charge in [0.05, 0.1) is 4.92 Å². The zero-order valence-electron chi connectivity index (χ0n) is 8.93. The lowest BCUT2D eigenvalue weighted by atomic mass is 10.0. The van der Waals surface area contributed by atoms with Crippen LogP contribution in [0, 0.1) is 10.1 Å². The largest absolute Gasteiger partial charge is 0.361 e.